The minimum absolute atomic E-state index is 0.00238. The lowest BCUT2D eigenvalue weighted by Crippen LogP contribution is -2.19. The van der Waals surface area contributed by atoms with Crippen LogP contribution in [-0.4, -0.2) is 16.3 Å². The average Bonchev–Trinajstić information content (AvgIpc) is 2.27. The number of hydrogen-bond donors (Lipinski definition) is 1. The second-order valence-electron chi connectivity index (χ2n) is 2.76. The zero-order valence-electron chi connectivity index (χ0n) is 7.40. The second kappa shape index (κ2) is 3.78. The summed E-state index contributed by atoms with van der Waals surface area (Å²) in [6, 6.07) is 0. The Morgan fingerprint density at radius 1 is 1.50 bits per heavy atom. The first kappa shape index (κ1) is 11.3. The number of alkyl halides is 3. The fourth-order valence-electron chi connectivity index (χ4n) is 1.11. The van der Waals surface area contributed by atoms with Crippen LogP contribution in [0.3, 0.4) is 0 Å². The maximum Gasteiger partial charge on any atom is 0.434 e. The molecule has 0 fully saturated rings. The predicted octanol–water partition coefficient (Wildman–Crippen LogP) is 1.82. The molecule has 0 aromatic carbocycles. The summed E-state index contributed by atoms with van der Waals surface area (Å²) in [7, 11) is 0. The summed E-state index contributed by atoms with van der Waals surface area (Å²) in [5.74, 6) is 0. The monoisotopic (exact) mass is 227 g/mol. The van der Waals surface area contributed by atoms with Crippen LogP contribution >= 0.6 is 11.6 Å². The van der Waals surface area contributed by atoms with Crippen LogP contribution in [0.1, 0.15) is 11.4 Å². The molecule has 0 bridgehead atoms. The Bertz CT molecular complexity index is 332. The molecule has 0 amide bonds. The van der Waals surface area contributed by atoms with E-state index < -0.39 is 11.9 Å². The van der Waals surface area contributed by atoms with Crippen molar-refractivity contribution in [3.05, 3.63) is 16.4 Å². The molecule has 0 aliphatic carbocycles. The van der Waals surface area contributed by atoms with Gasteiger partial charge >= 0.3 is 6.18 Å². The molecule has 3 nitrogen and oxygen atoms in total. The smallest absolute Gasteiger partial charge is 0.329 e. The van der Waals surface area contributed by atoms with Crippen molar-refractivity contribution in [1.82, 2.24) is 9.78 Å². The number of nitrogens with zero attached hydrogens (tertiary/aromatic N) is 2. The van der Waals surface area contributed by atoms with Gasteiger partial charge in [-0.05, 0) is 6.92 Å². The highest BCUT2D eigenvalue weighted by Crippen LogP contribution is 2.35. The third-order valence-electron chi connectivity index (χ3n) is 1.66. The van der Waals surface area contributed by atoms with E-state index in [4.69, 9.17) is 17.3 Å². The van der Waals surface area contributed by atoms with E-state index in [1.54, 1.807) is 0 Å². The lowest BCUT2D eigenvalue weighted by molar-refractivity contribution is -0.144. The normalized spacial score (nSPS) is 12.1. The SMILES string of the molecule is Cc1nn(CCN)c(C(F)(F)F)c1Cl. The maximum absolute atomic E-state index is 12.5. The molecule has 1 rings (SSSR count). The predicted molar refractivity (Wildman–Crippen MR) is 46.0 cm³/mol. The first-order valence-corrected chi connectivity index (χ1v) is 4.26. The lowest BCUT2D eigenvalue weighted by Gasteiger charge is -2.09. The molecule has 0 unspecified atom stereocenters. The summed E-state index contributed by atoms with van der Waals surface area (Å²) in [5, 5.41) is 3.30. The maximum atomic E-state index is 12.5. The molecule has 7 heteroatoms. The van der Waals surface area contributed by atoms with E-state index in [1.807, 2.05) is 0 Å². The molecule has 1 aromatic heterocycles. The Labute approximate surface area is 83.6 Å². The number of rotatable bonds is 2. The van der Waals surface area contributed by atoms with Crippen LogP contribution in [0.4, 0.5) is 13.2 Å². The van der Waals surface area contributed by atoms with Crippen molar-refractivity contribution in [3.8, 4) is 0 Å². The molecular weight excluding hydrogens is 219 g/mol. The van der Waals surface area contributed by atoms with Gasteiger partial charge < -0.3 is 5.73 Å². The Balaban J connectivity index is 3.23. The molecular formula is C7H9ClF3N3. The van der Waals surface area contributed by atoms with Crippen LogP contribution in [0, 0.1) is 6.92 Å². The van der Waals surface area contributed by atoms with Gasteiger partial charge in [0.15, 0.2) is 5.69 Å². The standard InChI is InChI=1S/C7H9ClF3N3/c1-4-5(8)6(7(9,10)11)14(13-4)3-2-12/h2-3,12H2,1H3. The highest BCUT2D eigenvalue weighted by atomic mass is 35.5. The van der Waals surface area contributed by atoms with Gasteiger partial charge in [-0.15, -0.1) is 0 Å². The molecule has 0 radical (unpaired) electrons. The quantitative estimate of drug-likeness (QED) is 0.838. The van der Waals surface area contributed by atoms with Gasteiger partial charge in [-0.25, -0.2) is 0 Å². The molecule has 0 aliphatic rings. The second-order valence-corrected chi connectivity index (χ2v) is 3.14. The number of hydrogen-bond acceptors (Lipinski definition) is 2. The van der Waals surface area contributed by atoms with Gasteiger partial charge in [0.25, 0.3) is 0 Å². The topological polar surface area (TPSA) is 43.8 Å². The Kier molecular flexibility index (Phi) is 3.06. The summed E-state index contributed by atoms with van der Waals surface area (Å²) >= 11 is 5.49. The van der Waals surface area contributed by atoms with E-state index in [0.717, 1.165) is 4.68 Å². The van der Waals surface area contributed by atoms with Crippen molar-refractivity contribution < 1.29 is 13.2 Å². The van der Waals surface area contributed by atoms with E-state index >= 15 is 0 Å². The zero-order chi connectivity index (χ0) is 10.9. The first-order chi connectivity index (χ1) is 6.38. The molecule has 0 saturated heterocycles. The molecule has 1 heterocycles. The van der Waals surface area contributed by atoms with Crippen LogP contribution < -0.4 is 5.73 Å². The Hall–Kier alpha value is -0.750. The molecule has 0 atom stereocenters. The van der Waals surface area contributed by atoms with Crippen molar-refractivity contribution in [2.24, 2.45) is 5.73 Å². The average molecular weight is 228 g/mol. The minimum atomic E-state index is -4.49. The molecule has 2 N–H and O–H groups in total. The molecule has 1 aromatic rings. The van der Waals surface area contributed by atoms with Gasteiger partial charge in [0.2, 0.25) is 0 Å². The van der Waals surface area contributed by atoms with Crippen molar-refractivity contribution in [1.29, 1.82) is 0 Å². The highest BCUT2D eigenvalue weighted by molar-refractivity contribution is 6.31. The number of halogens is 4. The number of aromatic nitrogens is 2. The summed E-state index contributed by atoms with van der Waals surface area (Å²) in [5.41, 5.74) is 4.39. The minimum Gasteiger partial charge on any atom is -0.329 e. The summed E-state index contributed by atoms with van der Waals surface area (Å²) in [6.07, 6.45) is -4.49. The van der Waals surface area contributed by atoms with Gasteiger partial charge in [-0.1, -0.05) is 11.6 Å². The van der Waals surface area contributed by atoms with Crippen molar-refractivity contribution in [2.75, 3.05) is 6.54 Å². The molecule has 80 valence electrons. The summed E-state index contributed by atoms with van der Waals surface area (Å²) in [4.78, 5) is 0. The van der Waals surface area contributed by atoms with Gasteiger partial charge in [-0.2, -0.15) is 18.3 Å². The summed E-state index contributed by atoms with van der Waals surface area (Å²) in [6.45, 7) is 1.51. The first-order valence-electron chi connectivity index (χ1n) is 3.88. The van der Waals surface area contributed by atoms with Crippen molar-refractivity contribution in [2.45, 2.75) is 19.6 Å². The largest absolute Gasteiger partial charge is 0.434 e. The van der Waals surface area contributed by atoms with Gasteiger partial charge in [0.1, 0.15) is 0 Å². The number of nitrogens with two attached hydrogens (primary N) is 1. The fraction of sp³-hybridized carbons (Fsp3) is 0.571. The van der Waals surface area contributed by atoms with Crippen molar-refractivity contribution in [3.63, 3.8) is 0 Å². The Morgan fingerprint density at radius 2 is 2.07 bits per heavy atom. The molecule has 0 saturated carbocycles. The van der Waals surface area contributed by atoms with Crippen LogP contribution in [0.15, 0.2) is 0 Å². The van der Waals surface area contributed by atoms with Crippen LogP contribution in [0.5, 0.6) is 0 Å². The van der Waals surface area contributed by atoms with Crippen LogP contribution in [0.25, 0.3) is 0 Å². The van der Waals surface area contributed by atoms with Gasteiger partial charge in [0.05, 0.1) is 17.3 Å². The van der Waals surface area contributed by atoms with Crippen molar-refractivity contribution >= 4 is 11.6 Å². The highest BCUT2D eigenvalue weighted by Gasteiger charge is 2.38. The molecule has 14 heavy (non-hydrogen) atoms. The lowest BCUT2D eigenvalue weighted by atomic mass is 10.3. The van der Waals surface area contributed by atoms with E-state index in [9.17, 15) is 13.2 Å². The third-order valence-corrected chi connectivity index (χ3v) is 2.12. The van der Waals surface area contributed by atoms with E-state index in [2.05, 4.69) is 5.10 Å². The summed E-state index contributed by atoms with van der Waals surface area (Å²) < 4.78 is 38.2. The van der Waals surface area contributed by atoms with Crippen LogP contribution in [-0.2, 0) is 12.7 Å². The third kappa shape index (κ3) is 2.01. The van der Waals surface area contributed by atoms with Gasteiger partial charge in [-0.3, -0.25) is 4.68 Å². The molecule has 0 aliphatic heterocycles. The Morgan fingerprint density at radius 3 is 2.50 bits per heavy atom. The van der Waals surface area contributed by atoms with E-state index in [-0.39, 0.29) is 23.8 Å². The zero-order valence-corrected chi connectivity index (χ0v) is 8.15. The number of aryl methyl sites for hydroxylation is 1. The van der Waals surface area contributed by atoms with Crippen LogP contribution in [0.2, 0.25) is 5.02 Å². The van der Waals surface area contributed by atoms with E-state index in [1.165, 1.54) is 6.92 Å². The van der Waals surface area contributed by atoms with Gasteiger partial charge in [0, 0.05) is 6.54 Å². The molecule has 0 spiro atoms. The van der Waals surface area contributed by atoms with E-state index in [0.29, 0.717) is 0 Å². The fourth-order valence-corrected chi connectivity index (χ4v) is 1.36.